The van der Waals surface area contributed by atoms with Gasteiger partial charge in [0, 0.05) is 12.1 Å². The van der Waals surface area contributed by atoms with Gasteiger partial charge in [-0.1, -0.05) is 11.6 Å². The number of nitrogens with one attached hydrogen (secondary N) is 2. The van der Waals surface area contributed by atoms with Crippen LogP contribution in [0.5, 0.6) is 0 Å². The van der Waals surface area contributed by atoms with Crippen LogP contribution in [0.2, 0.25) is 5.15 Å². The first kappa shape index (κ1) is 13.0. The van der Waals surface area contributed by atoms with Crippen molar-refractivity contribution in [3.8, 4) is 0 Å². The van der Waals surface area contributed by atoms with Crippen molar-refractivity contribution in [3.05, 3.63) is 16.9 Å². The van der Waals surface area contributed by atoms with Crippen LogP contribution in [-0.4, -0.2) is 40.4 Å². The summed E-state index contributed by atoms with van der Waals surface area (Å²) >= 11 is 5.75. The minimum atomic E-state index is -1.10. The molecule has 0 aromatic carbocycles. The fraction of sp³-hybridized carbons (Fsp3) is 0.545. The van der Waals surface area contributed by atoms with Crippen LogP contribution in [0.4, 0.5) is 5.69 Å². The molecule has 98 valence electrons. The highest BCUT2D eigenvalue weighted by Gasteiger charge is 2.18. The first-order valence-electron chi connectivity index (χ1n) is 5.90. The van der Waals surface area contributed by atoms with Crippen LogP contribution in [0, 0.1) is 0 Å². The van der Waals surface area contributed by atoms with Gasteiger partial charge >= 0.3 is 5.97 Å². The third-order valence-electron chi connectivity index (χ3n) is 2.90. The van der Waals surface area contributed by atoms with Gasteiger partial charge in [-0.05, 0) is 32.4 Å². The standard InChI is InChI=1S/C11H15ClN4O2/c12-9-6-8(10(11(17)18)16-15-9)14-7-2-1-4-13-5-3-7/h6-7,13H,1-5H2,(H,14,15)(H,17,18). The average Bonchev–Trinajstić information content (AvgIpc) is 2.57. The molecule has 0 amide bonds. The quantitative estimate of drug-likeness (QED) is 0.769. The average molecular weight is 271 g/mol. The van der Waals surface area contributed by atoms with Gasteiger partial charge in [0.2, 0.25) is 0 Å². The van der Waals surface area contributed by atoms with Gasteiger partial charge in [-0.25, -0.2) is 4.79 Å². The summed E-state index contributed by atoms with van der Waals surface area (Å²) in [5.41, 5.74) is 0.353. The lowest BCUT2D eigenvalue weighted by Crippen LogP contribution is -2.23. The molecule has 0 bridgehead atoms. The Morgan fingerprint density at radius 2 is 2.28 bits per heavy atom. The molecule has 1 saturated heterocycles. The zero-order valence-electron chi connectivity index (χ0n) is 9.82. The fourth-order valence-corrected chi connectivity index (χ4v) is 2.17. The molecule has 1 aliphatic rings. The van der Waals surface area contributed by atoms with Gasteiger partial charge in [0.15, 0.2) is 10.8 Å². The summed E-state index contributed by atoms with van der Waals surface area (Å²) in [5.74, 6) is -1.10. The van der Waals surface area contributed by atoms with E-state index < -0.39 is 5.97 Å². The molecule has 18 heavy (non-hydrogen) atoms. The number of anilines is 1. The van der Waals surface area contributed by atoms with Crippen molar-refractivity contribution in [1.29, 1.82) is 0 Å². The lowest BCUT2D eigenvalue weighted by Gasteiger charge is -2.18. The summed E-state index contributed by atoms with van der Waals surface area (Å²) in [4.78, 5) is 11.0. The summed E-state index contributed by atoms with van der Waals surface area (Å²) in [5, 5.41) is 22.9. The van der Waals surface area contributed by atoms with E-state index in [-0.39, 0.29) is 16.9 Å². The number of rotatable bonds is 3. The van der Waals surface area contributed by atoms with E-state index in [1.54, 1.807) is 0 Å². The number of aromatic nitrogens is 2. The molecule has 2 heterocycles. The fourth-order valence-electron chi connectivity index (χ4n) is 2.02. The summed E-state index contributed by atoms with van der Waals surface area (Å²) in [6.07, 6.45) is 3.00. The Morgan fingerprint density at radius 1 is 1.44 bits per heavy atom. The van der Waals surface area contributed by atoms with E-state index in [0.29, 0.717) is 5.69 Å². The molecule has 1 aromatic rings. The van der Waals surface area contributed by atoms with Crippen molar-refractivity contribution in [2.24, 2.45) is 0 Å². The molecule has 6 nitrogen and oxygen atoms in total. The normalized spacial score (nSPS) is 20.2. The van der Waals surface area contributed by atoms with Crippen LogP contribution in [0.15, 0.2) is 6.07 Å². The van der Waals surface area contributed by atoms with Crippen LogP contribution < -0.4 is 10.6 Å². The topological polar surface area (TPSA) is 87.1 Å². The number of halogens is 1. The summed E-state index contributed by atoms with van der Waals surface area (Å²) in [7, 11) is 0. The highest BCUT2D eigenvalue weighted by Crippen LogP contribution is 2.20. The van der Waals surface area contributed by atoms with Crippen LogP contribution in [0.3, 0.4) is 0 Å². The molecule has 1 aliphatic heterocycles. The zero-order valence-corrected chi connectivity index (χ0v) is 10.6. The Labute approximate surface area is 110 Å². The predicted molar refractivity (Wildman–Crippen MR) is 68.1 cm³/mol. The SMILES string of the molecule is O=C(O)c1nnc(Cl)cc1NC1CCCNCC1. The summed E-state index contributed by atoms with van der Waals surface area (Å²) in [6, 6.07) is 1.74. The maximum absolute atomic E-state index is 11.0. The number of hydrogen-bond acceptors (Lipinski definition) is 5. The Kier molecular flexibility index (Phi) is 4.33. The van der Waals surface area contributed by atoms with E-state index in [4.69, 9.17) is 16.7 Å². The molecule has 1 unspecified atom stereocenters. The Bertz CT molecular complexity index is 433. The molecule has 2 rings (SSSR count). The second-order valence-electron chi connectivity index (χ2n) is 4.26. The molecular weight excluding hydrogens is 256 g/mol. The second-order valence-corrected chi connectivity index (χ2v) is 4.64. The molecule has 0 saturated carbocycles. The van der Waals surface area contributed by atoms with Crippen molar-refractivity contribution in [1.82, 2.24) is 15.5 Å². The van der Waals surface area contributed by atoms with E-state index in [1.165, 1.54) is 6.07 Å². The molecule has 0 radical (unpaired) electrons. The number of nitrogens with zero attached hydrogens (tertiary/aromatic N) is 2. The van der Waals surface area contributed by atoms with Gasteiger partial charge in [-0.3, -0.25) is 0 Å². The predicted octanol–water partition coefficient (Wildman–Crippen LogP) is 1.38. The lowest BCUT2D eigenvalue weighted by atomic mass is 10.1. The van der Waals surface area contributed by atoms with Crippen molar-refractivity contribution in [2.75, 3.05) is 18.4 Å². The largest absolute Gasteiger partial charge is 0.476 e. The van der Waals surface area contributed by atoms with Crippen molar-refractivity contribution in [2.45, 2.75) is 25.3 Å². The van der Waals surface area contributed by atoms with E-state index in [0.717, 1.165) is 32.4 Å². The molecule has 1 fully saturated rings. The van der Waals surface area contributed by atoms with Crippen molar-refractivity contribution in [3.63, 3.8) is 0 Å². The van der Waals surface area contributed by atoms with E-state index in [9.17, 15) is 4.79 Å². The maximum atomic E-state index is 11.0. The van der Waals surface area contributed by atoms with E-state index in [1.807, 2.05) is 0 Å². The summed E-state index contributed by atoms with van der Waals surface area (Å²) in [6.45, 7) is 1.92. The Balaban J connectivity index is 2.15. The van der Waals surface area contributed by atoms with E-state index >= 15 is 0 Å². The van der Waals surface area contributed by atoms with Crippen LogP contribution in [-0.2, 0) is 0 Å². The number of carboxylic acid groups (broad SMARTS) is 1. The van der Waals surface area contributed by atoms with Gasteiger partial charge in [0.25, 0.3) is 0 Å². The lowest BCUT2D eigenvalue weighted by molar-refractivity contribution is 0.0690. The first-order valence-corrected chi connectivity index (χ1v) is 6.28. The first-order chi connectivity index (χ1) is 8.66. The molecule has 1 atom stereocenters. The highest BCUT2D eigenvalue weighted by atomic mass is 35.5. The molecule has 0 spiro atoms. The van der Waals surface area contributed by atoms with Crippen molar-refractivity contribution >= 4 is 23.3 Å². The highest BCUT2D eigenvalue weighted by molar-refractivity contribution is 6.29. The minimum Gasteiger partial charge on any atom is -0.476 e. The van der Waals surface area contributed by atoms with Crippen LogP contribution in [0.25, 0.3) is 0 Å². The number of aromatic carboxylic acids is 1. The van der Waals surface area contributed by atoms with Crippen LogP contribution >= 0.6 is 11.6 Å². The Hall–Kier alpha value is -1.40. The molecule has 0 aliphatic carbocycles. The minimum absolute atomic E-state index is 0.0865. The third kappa shape index (κ3) is 3.30. The monoisotopic (exact) mass is 270 g/mol. The third-order valence-corrected chi connectivity index (χ3v) is 3.09. The van der Waals surface area contributed by atoms with Crippen molar-refractivity contribution < 1.29 is 9.90 Å². The molecular formula is C11H15ClN4O2. The smallest absolute Gasteiger partial charge is 0.358 e. The summed E-state index contributed by atoms with van der Waals surface area (Å²) < 4.78 is 0. The maximum Gasteiger partial charge on any atom is 0.358 e. The van der Waals surface area contributed by atoms with Gasteiger partial charge in [0.1, 0.15) is 0 Å². The van der Waals surface area contributed by atoms with E-state index in [2.05, 4.69) is 20.8 Å². The second kappa shape index (κ2) is 5.97. The molecule has 7 heteroatoms. The zero-order chi connectivity index (χ0) is 13.0. The van der Waals surface area contributed by atoms with Gasteiger partial charge in [-0.2, -0.15) is 0 Å². The van der Waals surface area contributed by atoms with Gasteiger partial charge < -0.3 is 15.7 Å². The Morgan fingerprint density at radius 3 is 3.06 bits per heavy atom. The molecule has 1 aromatic heterocycles. The number of carbonyl (C=O) groups is 1. The van der Waals surface area contributed by atoms with Gasteiger partial charge in [0.05, 0.1) is 5.69 Å². The van der Waals surface area contributed by atoms with Gasteiger partial charge in [-0.15, -0.1) is 10.2 Å². The number of hydrogen-bond donors (Lipinski definition) is 3. The van der Waals surface area contributed by atoms with Crippen LogP contribution in [0.1, 0.15) is 29.8 Å². The molecule has 3 N–H and O–H groups in total. The number of carboxylic acids is 1.